The standard InChI is InChI=1S/C17H31N3O/c21-16(19-15-5-3-1-2-4-6-15)13-20-12-9-17(14-20)7-10-18-11-8-17/h15,18H,1-14H2,(H,19,21). The van der Waals surface area contributed by atoms with Gasteiger partial charge < -0.3 is 10.6 Å². The first-order valence-electron chi connectivity index (χ1n) is 8.98. The topological polar surface area (TPSA) is 44.4 Å². The summed E-state index contributed by atoms with van der Waals surface area (Å²) in [5, 5.41) is 6.74. The lowest BCUT2D eigenvalue weighted by Crippen LogP contribution is -2.43. The summed E-state index contributed by atoms with van der Waals surface area (Å²) >= 11 is 0. The summed E-state index contributed by atoms with van der Waals surface area (Å²) in [6.07, 6.45) is 11.5. The zero-order valence-corrected chi connectivity index (χ0v) is 13.3. The van der Waals surface area contributed by atoms with E-state index in [1.807, 2.05) is 0 Å². The fourth-order valence-electron chi connectivity index (χ4n) is 4.43. The van der Waals surface area contributed by atoms with Crippen molar-refractivity contribution in [2.24, 2.45) is 5.41 Å². The average Bonchev–Trinajstić information content (AvgIpc) is 2.70. The Hall–Kier alpha value is -0.610. The lowest BCUT2D eigenvalue weighted by Gasteiger charge is -2.33. The predicted molar refractivity (Wildman–Crippen MR) is 85.2 cm³/mol. The first-order chi connectivity index (χ1) is 10.3. The zero-order chi connectivity index (χ0) is 14.5. The van der Waals surface area contributed by atoms with E-state index in [1.165, 1.54) is 57.8 Å². The third-order valence-electron chi connectivity index (χ3n) is 5.77. The number of rotatable bonds is 3. The van der Waals surface area contributed by atoms with Gasteiger partial charge in [-0.1, -0.05) is 25.7 Å². The van der Waals surface area contributed by atoms with E-state index in [9.17, 15) is 4.79 Å². The number of likely N-dealkylation sites (tertiary alicyclic amines) is 1. The van der Waals surface area contributed by atoms with Gasteiger partial charge in [-0.15, -0.1) is 0 Å². The van der Waals surface area contributed by atoms with Crippen molar-refractivity contribution in [2.45, 2.75) is 63.8 Å². The van der Waals surface area contributed by atoms with Crippen molar-refractivity contribution in [3.63, 3.8) is 0 Å². The van der Waals surface area contributed by atoms with Crippen LogP contribution in [0.2, 0.25) is 0 Å². The quantitative estimate of drug-likeness (QED) is 0.781. The van der Waals surface area contributed by atoms with Crippen molar-refractivity contribution in [1.29, 1.82) is 0 Å². The Morgan fingerprint density at radius 1 is 1.10 bits per heavy atom. The van der Waals surface area contributed by atoms with Crippen LogP contribution in [-0.4, -0.2) is 49.6 Å². The Morgan fingerprint density at radius 2 is 1.81 bits per heavy atom. The molecule has 2 aliphatic heterocycles. The summed E-state index contributed by atoms with van der Waals surface area (Å²) < 4.78 is 0. The van der Waals surface area contributed by atoms with Gasteiger partial charge in [-0.2, -0.15) is 0 Å². The Bertz CT molecular complexity index is 344. The van der Waals surface area contributed by atoms with E-state index in [2.05, 4.69) is 15.5 Å². The molecule has 1 aliphatic carbocycles. The maximum absolute atomic E-state index is 12.3. The highest BCUT2D eigenvalue weighted by Gasteiger charge is 2.39. The number of amides is 1. The second-order valence-electron chi connectivity index (χ2n) is 7.47. The minimum atomic E-state index is 0.257. The van der Waals surface area contributed by atoms with Gasteiger partial charge in [0.1, 0.15) is 0 Å². The SMILES string of the molecule is O=C(CN1CCC2(CCNCC2)C1)NC1CCCCCC1. The second kappa shape index (κ2) is 7.10. The van der Waals surface area contributed by atoms with Crippen LogP contribution in [0, 0.1) is 5.41 Å². The molecule has 3 aliphatic rings. The highest BCUT2D eigenvalue weighted by Crippen LogP contribution is 2.38. The van der Waals surface area contributed by atoms with Gasteiger partial charge in [0.05, 0.1) is 6.54 Å². The molecule has 0 aromatic heterocycles. The molecule has 0 bridgehead atoms. The van der Waals surface area contributed by atoms with Crippen molar-refractivity contribution in [1.82, 2.24) is 15.5 Å². The molecule has 0 aromatic carbocycles. The summed E-state index contributed by atoms with van der Waals surface area (Å²) in [6, 6.07) is 0.440. The van der Waals surface area contributed by atoms with Gasteiger partial charge >= 0.3 is 0 Å². The van der Waals surface area contributed by atoms with Gasteiger partial charge in [-0.05, 0) is 57.2 Å². The van der Waals surface area contributed by atoms with Gasteiger partial charge in [0.2, 0.25) is 5.91 Å². The zero-order valence-electron chi connectivity index (χ0n) is 13.3. The van der Waals surface area contributed by atoms with Crippen molar-refractivity contribution in [3.05, 3.63) is 0 Å². The van der Waals surface area contributed by atoms with E-state index < -0.39 is 0 Å². The molecule has 21 heavy (non-hydrogen) atoms. The molecular formula is C17H31N3O. The third kappa shape index (κ3) is 4.19. The number of carbonyl (C=O) groups excluding carboxylic acids is 1. The molecule has 0 unspecified atom stereocenters. The maximum Gasteiger partial charge on any atom is 0.234 e. The second-order valence-corrected chi connectivity index (χ2v) is 7.47. The number of hydrogen-bond donors (Lipinski definition) is 2. The first kappa shape index (κ1) is 15.3. The van der Waals surface area contributed by atoms with Crippen molar-refractivity contribution in [2.75, 3.05) is 32.7 Å². The van der Waals surface area contributed by atoms with Crippen LogP contribution in [0.3, 0.4) is 0 Å². The minimum Gasteiger partial charge on any atom is -0.352 e. The molecule has 3 rings (SSSR count). The van der Waals surface area contributed by atoms with Gasteiger partial charge in [0.25, 0.3) is 0 Å². The molecule has 0 atom stereocenters. The summed E-state index contributed by atoms with van der Waals surface area (Å²) in [5.41, 5.74) is 0.508. The monoisotopic (exact) mass is 293 g/mol. The lowest BCUT2D eigenvalue weighted by atomic mass is 9.78. The van der Waals surface area contributed by atoms with Crippen LogP contribution in [-0.2, 0) is 4.79 Å². The molecule has 3 fully saturated rings. The number of carbonyl (C=O) groups is 1. The van der Waals surface area contributed by atoms with Crippen LogP contribution in [0.15, 0.2) is 0 Å². The Balaban J connectivity index is 1.42. The fourth-order valence-corrected chi connectivity index (χ4v) is 4.43. The molecule has 0 aromatic rings. The van der Waals surface area contributed by atoms with E-state index in [0.717, 1.165) is 26.2 Å². The number of hydrogen-bond acceptors (Lipinski definition) is 3. The third-order valence-corrected chi connectivity index (χ3v) is 5.77. The Morgan fingerprint density at radius 3 is 2.52 bits per heavy atom. The molecule has 4 heteroatoms. The number of nitrogens with zero attached hydrogens (tertiary/aromatic N) is 1. The van der Waals surface area contributed by atoms with Crippen LogP contribution in [0.5, 0.6) is 0 Å². The van der Waals surface area contributed by atoms with Gasteiger partial charge in [0, 0.05) is 12.6 Å². The van der Waals surface area contributed by atoms with E-state index in [0.29, 0.717) is 18.0 Å². The molecule has 2 N–H and O–H groups in total. The molecule has 2 heterocycles. The largest absolute Gasteiger partial charge is 0.352 e. The number of piperidine rings is 1. The van der Waals surface area contributed by atoms with Crippen LogP contribution >= 0.6 is 0 Å². The summed E-state index contributed by atoms with van der Waals surface area (Å²) in [5.74, 6) is 0.257. The van der Waals surface area contributed by atoms with E-state index in [4.69, 9.17) is 0 Å². The van der Waals surface area contributed by atoms with Crippen LogP contribution in [0.1, 0.15) is 57.8 Å². The Labute approximate surface area is 129 Å². The van der Waals surface area contributed by atoms with E-state index in [1.54, 1.807) is 0 Å². The van der Waals surface area contributed by atoms with E-state index >= 15 is 0 Å². The summed E-state index contributed by atoms with van der Waals surface area (Å²) in [6.45, 7) is 5.17. The average molecular weight is 293 g/mol. The normalized spacial score (nSPS) is 27.6. The van der Waals surface area contributed by atoms with Gasteiger partial charge in [-0.3, -0.25) is 9.69 Å². The first-order valence-corrected chi connectivity index (χ1v) is 8.98. The van der Waals surface area contributed by atoms with Gasteiger partial charge in [-0.25, -0.2) is 0 Å². The molecule has 2 saturated heterocycles. The number of nitrogens with one attached hydrogen (secondary N) is 2. The summed E-state index contributed by atoms with van der Waals surface area (Å²) in [4.78, 5) is 14.7. The maximum atomic E-state index is 12.3. The van der Waals surface area contributed by atoms with Crippen molar-refractivity contribution < 1.29 is 4.79 Å². The minimum absolute atomic E-state index is 0.257. The fraction of sp³-hybridized carbons (Fsp3) is 0.941. The highest BCUT2D eigenvalue weighted by atomic mass is 16.2. The lowest BCUT2D eigenvalue weighted by molar-refractivity contribution is -0.122. The molecule has 1 amide bonds. The van der Waals surface area contributed by atoms with E-state index in [-0.39, 0.29) is 5.91 Å². The van der Waals surface area contributed by atoms with Crippen LogP contribution in [0.25, 0.3) is 0 Å². The molecule has 1 spiro atoms. The molecule has 4 nitrogen and oxygen atoms in total. The molecular weight excluding hydrogens is 262 g/mol. The molecule has 0 radical (unpaired) electrons. The molecule has 120 valence electrons. The van der Waals surface area contributed by atoms with Crippen LogP contribution < -0.4 is 10.6 Å². The van der Waals surface area contributed by atoms with Gasteiger partial charge in [0.15, 0.2) is 0 Å². The summed E-state index contributed by atoms with van der Waals surface area (Å²) in [7, 11) is 0. The predicted octanol–water partition coefficient (Wildman–Crippen LogP) is 1.90. The van der Waals surface area contributed by atoms with Crippen molar-refractivity contribution in [3.8, 4) is 0 Å². The molecule has 1 saturated carbocycles. The smallest absolute Gasteiger partial charge is 0.234 e. The van der Waals surface area contributed by atoms with Crippen molar-refractivity contribution >= 4 is 5.91 Å². The van der Waals surface area contributed by atoms with Crippen LogP contribution in [0.4, 0.5) is 0 Å². The Kier molecular flexibility index (Phi) is 5.17. The highest BCUT2D eigenvalue weighted by molar-refractivity contribution is 5.78.